The lowest BCUT2D eigenvalue weighted by molar-refractivity contribution is -0.132. The van der Waals surface area contributed by atoms with E-state index < -0.39 is 0 Å². The van der Waals surface area contributed by atoms with Gasteiger partial charge in [-0.05, 0) is 24.6 Å². The van der Waals surface area contributed by atoms with Crippen molar-refractivity contribution in [3.8, 4) is 0 Å². The lowest BCUT2D eigenvalue weighted by Crippen LogP contribution is -2.54. The Kier molecular flexibility index (Phi) is 5.49. The van der Waals surface area contributed by atoms with Crippen LogP contribution in [0.1, 0.15) is 19.4 Å². The lowest BCUT2D eigenvalue weighted by atomic mass is 10.2. The Labute approximate surface area is 130 Å². The molecule has 22 heavy (non-hydrogen) atoms. The highest BCUT2D eigenvalue weighted by molar-refractivity contribution is 5.81. The highest BCUT2D eigenvalue weighted by Crippen LogP contribution is 2.08. The van der Waals surface area contributed by atoms with E-state index in [0.717, 1.165) is 5.56 Å². The van der Waals surface area contributed by atoms with Gasteiger partial charge in [0.1, 0.15) is 5.82 Å². The maximum Gasteiger partial charge on any atom is 0.237 e. The van der Waals surface area contributed by atoms with Crippen LogP contribution >= 0.6 is 0 Å². The third kappa shape index (κ3) is 4.27. The van der Waals surface area contributed by atoms with E-state index in [2.05, 4.69) is 10.2 Å². The molecular weight excluding hydrogens is 285 g/mol. The predicted octanol–water partition coefficient (Wildman–Crippen LogP) is 0.994. The topological polar surface area (TPSA) is 52.7 Å². The Hall–Kier alpha value is -1.95. The molecule has 2 amide bonds. The van der Waals surface area contributed by atoms with Gasteiger partial charge in [-0.3, -0.25) is 14.5 Å². The minimum absolute atomic E-state index is 0.0550. The summed E-state index contributed by atoms with van der Waals surface area (Å²) in [6, 6.07) is 5.84. The Morgan fingerprint density at radius 2 is 1.77 bits per heavy atom. The Morgan fingerprint density at radius 3 is 2.32 bits per heavy atom. The molecule has 1 N–H and O–H groups in total. The molecule has 1 saturated heterocycles. The average molecular weight is 307 g/mol. The van der Waals surface area contributed by atoms with Gasteiger partial charge in [0.2, 0.25) is 11.8 Å². The summed E-state index contributed by atoms with van der Waals surface area (Å²) in [4.78, 5) is 27.3. The molecule has 5 nitrogen and oxygen atoms in total. The smallest absolute Gasteiger partial charge is 0.237 e. The molecule has 1 aromatic carbocycles. The zero-order valence-corrected chi connectivity index (χ0v) is 13.0. The van der Waals surface area contributed by atoms with E-state index in [1.165, 1.54) is 12.1 Å². The summed E-state index contributed by atoms with van der Waals surface area (Å²) in [5.41, 5.74) is 0.864. The SMILES string of the molecule is CC(=O)N1CCN(C(C)C(=O)NCc2ccc(F)cc2)CC1. The molecular formula is C16H22FN3O2. The Morgan fingerprint density at radius 1 is 1.18 bits per heavy atom. The number of piperazine rings is 1. The van der Waals surface area contributed by atoms with Crippen molar-refractivity contribution in [1.82, 2.24) is 15.1 Å². The number of hydrogen-bond acceptors (Lipinski definition) is 3. The van der Waals surface area contributed by atoms with E-state index in [1.807, 2.05) is 6.92 Å². The number of halogens is 1. The van der Waals surface area contributed by atoms with E-state index in [1.54, 1.807) is 24.0 Å². The molecule has 1 heterocycles. The first-order chi connectivity index (χ1) is 10.5. The molecule has 0 aliphatic carbocycles. The number of benzene rings is 1. The first kappa shape index (κ1) is 16.4. The second-order valence-corrected chi connectivity index (χ2v) is 5.56. The van der Waals surface area contributed by atoms with Crippen LogP contribution in [0, 0.1) is 5.82 Å². The molecule has 1 fully saturated rings. The van der Waals surface area contributed by atoms with Gasteiger partial charge in [-0.1, -0.05) is 12.1 Å². The summed E-state index contributed by atoms with van der Waals surface area (Å²) in [5, 5.41) is 2.87. The normalized spacial score (nSPS) is 17.1. The van der Waals surface area contributed by atoms with Crippen LogP contribution in [0.4, 0.5) is 4.39 Å². The maximum absolute atomic E-state index is 12.8. The number of nitrogens with zero attached hydrogens (tertiary/aromatic N) is 2. The van der Waals surface area contributed by atoms with Crippen molar-refractivity contribution in [1.29, 1.82) is 0 Å². The summed E-state index contributed by atoms with van der Waals surface area (Å²) in [6.45, 7) is 6.53. The van der Waals surface area contributed by atoms with Crippen molar-refractivity contribution < 1.29 is 14.0 Å². The van der Waals surface area contributed by atoms with Gasteiger partial charge in [0.05, 0.1) is 6.04 Å². The fourth-order valence-electron chi connectivity index (χ4n) is 2.53. The molecule has 6 heteroatoms. The molecule has 2 rings (SSSR count). The van der Waals surface area contributed by atoms with E-state index in [-0.39, 0.29) is 23.7 Å². The molecule has 1 aromatic rings. The van der Waals surface area contributed by atoms with E-state index >= 15 is 0 Å². The molecule has 1 aliphatic rings. The van der Waals surface area contributed by atoms with Gasteiger partial charge in [0.25, 0.3) is 0 Å². The van der Waals surface area contributed by atoms with Gasteiger partial charge in [-0.25, -0.2) is 4.39 Å². The van der Waals surface area contributed by atoms with Gasteiger partial charge in [-0.2, -0.15) is 0 Å². The van der Waals surface area contributed by atoms with Crippen LogP contribution in [0.3, 0.4) is 0 Å². The van der Waals surface area contributed by atoms with Crippen LogP contribution in [0.15, 0.2) is 24.3 Å². The average Bonchev–Trinajstić information content (AvgIpc) is 2.53. The van der Waals surface area contributed by atoms with Crippen LogP contribution < -0.4 is 5.32 Å². The minimum atomic E-state index is -0.285. The molecule has 0 radical (unpaired) electrons. The first-order valence-electron chi connectivity index (χ1n) is 7.49. The summed E-state index contributed by atoms with van der Waals surface area (Å²) in [5.74, 6) is -0.263. The maximum atomic E-state index is 12.8. The monoisotopic (exact) mass is 307 g/mol. The van der Waals surface area contributed by atoms with E-state index in [4.69, 9.17) is 0 Å². The first-order valence-corrected chi connectivity index (χ1v) is 7.49. The van der Waals surface area contributed by atoms with Crippen LogP contribution in [-0.4, -0.2) is 53.8 Å². The summed E-state index contributed by atoms with van der Waals surface area (Å²) in [7, 11) is 0. The number of carbonyl (C=O) groups excluding carboxylic acids is 2. The van der Waals surface area contributed by atoms with Gasteiger partial charge < -0.3 is 10.2 Å². The highest BCUT2D eigenvalue weighted by atomic mass is 19.1. The van der Waals surface area contributed by atoms with E-state index in [9.17, 15) is 14.0 Å². The van der Waals surface area contributed by atoms with Crippen molar-refractivity contribution in [2.75, 3.05) is 26.2 Å². The fourth-order valence-corrected chi connectivity index (χ4v) is 2.53. The molecule has 1 unspecified atom stereocenters. The van der Waals surface area contributed by atoms with Crippen LogP contribution in [0.5, 0.6) is 0 Å². The quantitative estimate of drug-likeness (QED) is 0.903. The zero-order chi connectivity index (χ0) is 16.1. The number of hydrogen-bond donors (Lipinski definition) is 1. The van der Waals surface area contributed by atoms with Gasteiger partial charge in [0.15, 0.2) is 0 Å². The molecule has 0 spiro atoms. The van der Waals surface area contributed by atoms with Crippen LogP contribution in [-0.2, 0) is 16.1 Å². The van der Waals surface area contributed by atoms with Gasteiger partial charge >= 0.3 is 0 Å². The van der Waals surface area contributed by atoms with Crippen molar-refractivity contribution in [3.63, 3.8) is 0 Å². The largest absolute Gasteiger partial charge is 0.351 e. The second kappa shape index (κ2) is 7.35. The van der Waals surface area contributed by atoms with Crippen molar-refractivity contribution >= 4 is 11.8 Å². The van der Waals surface area contributed by atoms with Gasteiger partial charge in [0, 0.05) is 39.6 Å². The molecule has 1 atom stereocenters. The van der Waals surface area contributed by atoms with E-state index in [0.29, 0.717) is 32.7 Å². The summed E-state index contributed by atoms with van der Waals surface area (Å²) < 4.78 is 12.8. The Balaban J connectivity index is 1.80. The zero-order valence-electron chi connectivity index (χ0n) is 13.0. The molecule has 0 bridgehead atoms. The highest BCUT2D eigenvalue weighted by Gasteiger charge is 2.26. The third-order valence-corrected chi connectivity index (χ3v) is 4.07. The van der Waals surface area contributed by atoms with Crippen molar-refractivity contribution in [2.24, 2.45) is 0 Å². The second-order valence-electron chi connectivity index (χ2n) is 5.56. The molecule has 0 saturated carbocycles. The third-order valence-electron chi connectivity index (χ3n) is 4.07. The standard InChI is InChI=1S/C16H22FN3O2/c1-12(19-7-9-20(10-8-19)13(2)21)16(22)18-11-14-3-5-15(17)6-4-14/h3-6,12H,7-11H2,1-2H3,(H,18,22). The molecule has 120 valence electrons. The molecule has 1 aliphatic heterocycles. The van der Waals surface area contributed by atoms with Crippen LogP contribution in [0.2, 0.25) is 0 Å². The number of nitrogens with one attached hydrogen (secondary N) is 1. The predicted molar refractivity (Wildman–Crippen MR) is 81.5 cm³/mol. The Bertz CT molecular complexity index is 525. The summed E-state index contributed by atoms with van der Waals surface area (Å²) >= 11 is 0. The number of carbonyl (C=O) groups is 2. The fraction of sp³-hybridized carbons (Fsp3) is 0.500. The van der Waals surface area contributed by atoms with Crippen molar-refractivity contribution in [2.45, 2.75) is 26.4 Å². The minimum Gasteiger partial charge on any atom is -0.351 e. The number of amides is 2. The van der Waals surface area contributed by atoms with Crippen LogP contribution in [0.25, 0.3) is 0 Å². The van der Waals surface area contributed by atoms with Crippen molar-refractivity contribution in [3.05, 3.63) is 35.6 Å². The summed E-state index contributed by atoms with van der Waals surface area (Å²) in [6.07, 6.45) is 0. The lowest BCUT2D eigenvalue weighted by Gasteiger charge is -2.37. The molecule has 0 aromatic heterocycles. The van der Waals surface area contributed by atoms with Gasteiger partial charge in [-0.15, -0.1) is 0 Å². The number of rotatable bonds is 4.